The molecule has 2 aromatic carbocycles. The first kappa shape index (κ1) is 23.3. The van der Waals surface area contributed by atoms with Gasteiger partial charge in [-0.3, -0.25) is 9.59 Å². The fraction of sp³-hybridized carbons (Fsp3) is 0.500. The summed E-state index contributed by atoms with van der Waals surface area (Å²) in [4.78, 5) is 29.9. The molecule has 0 bridgehead atoms. The molecule has 2 fully saturated rings. The second-order valence-corrected chi connectivity index (χ2v) is 9.73. The average Bonchev–Trinajstić information content (AvgIpc) is 2.85. The van der Waals surface area contributed by atoms with Gasteiger partial charge in [0, 0.05) is 44.0 Å². The Kier molecular flexibility index (Phi) is 7.69. The molecule has 2 aliphatic heterocycles. The maximum absolute atomic E-state index is 13.6. The topological polar surface area (TPSA) is 52.7 Å². The van der Waals surface area contributed by atoms with Crippen molar-refractivity contribution >= 4 is 23.2 Å². The summed E-state index contributed by atoms with van der Waals surface area (Å²) in [5.41, 5.74) is 3.84. The van der Waals surface area contributed by atoms with Crippen molar-refractivity contribution in [3.8, 4) is 0 Å². The van der Waals surface area contributed by atoms with Gasteiger partial charge in [-0.15, -0.1) is 0 Å². The number of nitrogens with one attached hydrogen (secondary N) is 1. The zero-order valence-corrected chi connectivity index (χ0v) is 20.1. The Hall–Kier alpha value is -2.82. The third kappa shape index (κ3) is 5.95. The fourth-order valence-corrected chi connectivity index (χ4v) is 5.02. The number of anilines is 2. The molecule has 0 saturated carbocycles. The SMILES string of the molecule is CCC(=O)Nc1ccc(N2CCC(Cc3ccccc3)CC2)c(C(=O)N2CCC(C)CC2)c1. The van der Waals surface area contributed by atoms with E-state index in [0.29, 0.717) is 23.9 Å². The maximum Gasteiger partial charge on any atom is 0.256 e. The number of likely N-dealkylation sites (tertiary alicyclic amines) is 1. The lowest BCUT2D eigenvalue weighted by atomic mass is 9.89. The minimum atomic E-state index is -0.0327. The van der Waals surface area contributed by atoms with Gasteiger partial charge in [0.2, 0.25) is 5.91 Å². The molecular formula is C28H37N3O2. The summed E-state index contributed by atoms with van der Waals surface area (Å²) in [7, 11) is 0. The third-order valence-corrected chi connectivity index (χ3v) is 7.23. The summed E-state index contributed by atoms with van der Waals surface area (Å²) >= 11 is 0. The Balaban J connectivity index is 1.50. The molecule has 0 atom stereocenters. The molecule has 2 aromatic rings. The third-order valence-electron chi connectivity index (χ3n) is 7.23. The van der Waals surface area contributed by atoms with Gasteiger partial charge in [0.25, 0.3) is 5.91 Å². The van der Waals surface area contributed by atoms with Crippen LogP contribution in [0.5, 0.6) is 0 Å². The Labute approximate surface area is 198 Å². The van der Waals surface area contributed by atoms with Crippen molar-refractivity contribution in [3.05, 3.63) is 59.7 Å². The number of carbonyl (C=O) groups excluding carboxylic acids is 2. The molecule has 0 unspecified atom stereocenters. The molecule has 0 radical (unpaired) electrons. The first-order valence-electron chi connectivity index (χ1n) is 12.6. The monoisotopic (exact) mass is 447 g/mol. The van der Waals surface area contributed by atoms with Gasteiger partial charge in [0.15, 0.2) is 0 Å². The first-order chi connectivity index (χ1) is 16.0. The quantitative estimate of drug-likeness (QED) is 0.648. The second kappa shape index (κ2) is 10.9. The fourth-order valence-electron chi connectivity index (χ4n) is 5.02. The smallest absolute Gasteiger partial charge is 0.256 e. The molecule has 4 rings (SSSR count). The molecule has 2 amide bonds. The molecule has 2 saturated heterocycles. The van der Waals surface area contributed by atoms with Crippen LogP contribution in [0, 0.1) is 11.8 Å². The zero-order chi connectivity index (χ0) is 23.2. The van der Waals surface area contributed by atoms with Gasteiger partial charge >= 0.3 is 0 Å². The van der Waals surface area contributed by atoms with Crippen LogP contribution < -0.4 is 10.2 Å². The summed E-state index contributed by atoms with van der Waals surface area (Å²) in [5.74, 6) is 1.41. The van der Waals surface area contributed by atoms with Crippen LogP contribution in [0.15, 0.2) is 48.5 Å². The maximum atomic E-state index is 13.6. The Bertz CT molecular complexity index is 943. The van der Waals surface area contributed by atoms with Crippen molar-refractivity contribution in [1.82, 2.24) is 4.90 Å². The first-order valence-corrected chi connectivity index (χ1v) is 12.6. The molecule has 0 spiro atoms. The van der Waals surface area contributed by atoms with Crippen molar-refractivity contribution in [2.75, 3.05) is 36.4 Å². The Morgan fingerprint density at radius 1 is 0.939 bits per heavy atom. The normalized spacial score (nSPS) is 17.8. The number of hydrogen-bond acceptors (Lipinski definition) is 3. The Morgan fingerprint density at radius 2 is 1.64 bits per heavy atom. The van der Waals surface area contributed by atoms with Crippen LogP contribution in [0.4, 0.5) is 11.4 Å². The summed E-state index contributed by atoms with van der Waals surface area (Å²) in [6.07, 6.45) is 5.89. The van der Waals surface area contributed by atoms with Gasteiger partial charge in [-0.05, 0) is 67.7 Å². The lowest BCUT2D eigenvalue weighted by molar-refractivity contribution is -0.115. The lowest BCUT2D eigenvalue weighted by Crippen LogP contribution is -2.40. The predicted octanol–water partition coefficient (Wildman–Crippen LogP) is 5.37. The van der Waals surface area contributed by atoms with Crippen molar-refractivity contribution in [2.24, 2.45) is 11.8 Å². The van der Waals surface area contributed by atoms with E-state index < -0.39 is 0 Å². The van der Waals surface area contributed by atoms with Crippen LogP contribution in [-0.4, -0.2) is 42.9 Å². The van der Waals surface area contributed by atoms with E-state index >= 15 is 0 Å². The predicted molar refractivity (Wildman–Crippen MR) is 135 cm³/mol. The molecule has 33 heavy (non-hydrogen) atoms. The summed E-state index contributed by atoms with van der Waals surface area (Å²) in [6, 6.07) is 16.6. The summed E-state index contributed by atoms with van der Waals surface area (Å²) in [6.45, 7) is 7.62. The van der Waals surface area contributed by atoms with Crippen molar-refractivity contribution < 1.29 is 9.59 Å². The number of carbonyl (C=O) groups is 2. The van der Waals surface area contributed by atoms with Gasteiger partial charge in [0.1, 0.15) is 0 Å². The van der Waals surface area contributed by atoms with E-state index in [4.69, 9.17) is 0 Å². The standard InChI is InChI=1S/C28H37N3O2/c1-3-27(32)29-24-9-10-26(25(20-24)28(33)31-15-11-21(2)12-16-31)30-17-13-23(14-18-30)19-22-7-5-4-6-8-22/h4-10,20-21,23H,3,11-19H2,1-2H3,(H,29,32). The number of benzene rings is 2. The van der Waals surface area contributed by atoms with E-state index in [0.717, 1.165) is 69.5 Å². The van der Waals surface area contributed by atoms with Gasteiger partial charge in [-0.2, -0.15) is 0 Å². The van der Waals surface area contributed by atoms with E-state index in [9.17, 15) is 9.59 Å². The van der Waals surface area contributed by atoms with Gasteiger partial charge in [-0.1, -0.05) is 44.2 Å². The van der Waals surface area contributed by atoms with Crippen molar-refractivity contribution in [2.45, 2.75) is 52.4 Å². The minimum absolute atomic E-state index is 0.0327. The highest BCUT2D eigenvalue weighted by molar-refractivity contribution is 6.02. The number of piperidine rings is 2. The molecule has 0 aromatic heterocycles. The van der Waals surface area contributed by atoms with E-state index in [1.54, 1.807) is 0 Å². The Morgan fingerprint density at radius 3 is 2.30 bits per heavy atom. The number of hydrogen-bond donors (Lipinski definition) is 1. The van der Waals surface area contributed by atoms with Crippen LogP contribution in [0.1, 0.15) is 61.9 Å². The van der Waals surface area contributed by atoms with Crippen LogP contribution >= 0.6 is 0 Å². The van der Waals surface area contributed by atoms with Gasteiger partial charge < -0.3 is 15.1 Å². The highest BCUT2D eigenvalue weighted by Crippen LogP contribution is 2.31. The molecule has 0 aliphatic carbocycles. The van der Waals surface area contributed by atoms with E-state index in [1.807, 2.05) is 30.0 Å². The van der Waals surface area contributed by atoms with Crippen LogP contribution in [0.3, 0.4) is 0 Å². The van der Waals surface area contributed by atoms with Crippen LogP contribution in [0.2, 0.25) is 0 Å². The van der Waals surface area contributed by atoms with E-state index in [2.05, 4.69) is 47.5 Å². The summed E-state index contributed by atoms with van der Waals surface area (Å²) in [5, 5.41) is 2.93. The van der Waals surface area contributed by atoms with Crippen molar-refractivity contribution in [1.29, 1.82) is 0 Å². The molecule has 176 valence electrons. The van der Waals surface area contributed by atoms with Crippen LogP contribution in [-0.2, 0) is 11.2 Å². The van der Waals surface area contributed by atoms with E-state index in [-0.39, 0.29) is 11.8 Å². The molecule has 5 heteroatoms. The molecule has 1 N–H and O–H groups in total. The van der Waals surface area contributed by atoms with Crippen molar-refractivity contribution in [3.63, 3.8) is 0 Å². The molecule has 5 nitrogen and oxygen atoms in total. The lowest BCUT2D eigenvalue weighted by Gasteiger charge is -2.36. The molecule has 2 aliphatic rings. The van der Waals surface area contributed by atoms with Crippen LogP contribution in [0.25, 0.3) is 0 Å². The number of nitrogens with zero attached hydrogens (tertiary/aromatic N) is 2. The largest absolute Gasteiger partial charge is 0.371 e. The van der Waals surface area contributed by atoms with Gasteiger partial charge in [-0.25, -0.2) is 0 Å². The highest BCUT2D eigenvalue weighted by atomic mass is 16.2. The van der Waals surface area contributed by atoms with Gasteiger partial charge in [0.05, 0.1) is 5.56 Å². The minimum Gasteiger partial charge on any atom is -0.371 e. The molecular weight excluding hydrogens is 410 g/mol. The molecule has 2 heterocycles. The van der Waals surface area contributed by atoms with E-state index in [1.165, 1.54) is 5.56 Å². The average molecular weight is 448 g/mol. The highest BCUT2D eigenvalue weighted by Gasteiger charge is 2.27. The number of amides is 2. The number of rotatable bonds is 6. The second-order valence-electron chi connectivity index (χ2n) is 9.73. The summed E-state index contributed by atoms with van der Waals surface area (Å²) < 4.78 is 0. The zero-order valence-electron chi connectivity index (χ0n) is 20.1.